The molecule has 1 amide bonds. The zero-order valence-corrected chi connectivity index (χ0v) is 12.4. The van der Waals surface area contributed by atoms with Gasteiger partial charge in [0.15, 0.2) is 6.29 Å². The molecule has 0 radical (unpaired) electrons. The van der Waals surface area contributed by atoms with Crippen molar-refractivity contribution in [3.05, 3.63) is 41.1 Å². The van der Waals surface area contributed by atoms with E-state index in [4.69, 9.17) is 4.74 Å². The van der Waals surface area contributed by atoms with Crippen LogP contribution in [0.1, 0.15) is 32.7 Å². The van der Waals surface area contributed by atoms with Gasteiger partial charge in [-0.1, -0.05) is 6.07 Å². The van der Waals surface area contributed by atoms with Crippen LogP contribution >= 0.6 is 0 Å². The Bertz CT molecular complexity index is 805. The normalized spacial score (nSPS) is 24.0. The second kappa shape index (κ2) is 5.40. The third-order valence-corrected chi connectivity index (χ3v) is 4.67. The minimum atomic E-state index is -0.591. The molecule has 2 atom stereocenters. The summed E-state index contributed by atoms with van der Waals surface area (Å²) in [6.07, 6.45) is 2.33. The van der Waals surface area contributed by atoms with Crippen LogP contribution in [0.4, 0.5) is 0 Å². The van der Waals surface area contributed by atoms with Crippen LogP contribution in [0.5, 0.6) is 0 Å². The van der Waals surface area contributed by atoms with E-state index < -0.39 is 6.10 Å². The van der Waals surface area contributed by atoms with Crippen molar-refractivity contribution >= 4 is 23.1 Å². The smallest absolute Gasteiger partial charge is 0.255 e. The van der Waals surface area contributed by atoms with Crippen LogP contribution < -0.4 is 0 Å². The number of hydrogen-bond acceptors (Lipinski definition) is 5. The number of aromatic nitrogens is 1. The first-order valence-corrected chi connectivity index (χ1v) is 7.63. The predicted octanol–water partition coefficient (Wildman–Crippen LogP) is 1.15. The SMILES string of the molecule is O=Cc1cc2c(c3ncccc13)CN([C@H]1COCC[C@@H]1O)C2=O. The van der Waals surface area contributed by atoms with Gasteiger partial charge in [-0.25, -0.2) is 0 Å². The summed E-state index contributed by atoms with van der Waals surface area (Å²) in [6.45, 7) is 1.21. The maximum absolute atomic E-state index is 12.8. The van der Waals surface area contributed by atoms with Gasteiger partial charge in [-0.05, 0) is 18.6 Å². The highest BCUT2D eigenvalue weighted by molar-refractivity contribution is 6.08. The van der Waals surface area contributed by atoms with E-state index in [0.717, 1.165) is 17.2 Å². The summed E-state index contributed by atoms with van der Waals surface area (Å²) in [7, 11) is 0. The molecular weight excluding hydrogens is 296 g/mol. The highest BCUT2D eigenvalue weighted by Gasteiger charge is 2.39. The molecule has 0 aliphatic carbocycles. The first kappa shape index (κ1) is 14.3. The van der Waals surface area contributed by atoms with Gasteiger partial charge in [-0.15, -0.1) is 0 Å². The number of ether oxygens (including phenoxy) is 1. The van der Waals surface area contributed by atoms with Crippen molar-refractivity contribution in [2.75, 3.05) is 13.2 Å². The number of hydrogen-bond donors (Lipinski definition) is 1. The Morgan fingerprint density at radius 2 is 2.30 bits per heavy atom. The van der Waals surface area contributed by atoms with Gasteiger partial charge < -0.3 is 14.7 Å². The van der Waals surface area contributed by atoms with Gasteiger partial charge >= 0.3 is 0 Å². The van der Waals surface area contributed by atoms with Crippen LogP contribution in [0.2, 0.25) is 0 Å². The zero-order valence-electron chi connectivity index (χ0n) is 12.4. The molecule has 0 bridgehead atoms. The lowest BCUT2D eigenvalue weighted by Crippen LogP contribution is -2.49. The van der Waals surface area contributed by atoms with Crippen LogP contribution in [0.25, 0.3) is 10.9 Å². The summed E-state index contributed by atoms with van der Waals surface area (Å²) in [5, 5.41) is 10.9. The van der Waals surface area contributed by atoms with Crippen LogP contribution in [-0.2, 0) is 11.3 Å². The average Bonchev–Trinajstić information content (AvgIpc) is 2.91. The molecule has 1 saturated heterocycles. The van der Waals surface area contributed by atoms with Gasteiger partial charge in [-0.3, -0.25) is 14.6 Å². The van der Waals surface area contributed by atoms with Crippen LogP contribution in [0.15, 0.2) is 24.4 Å². The molecule has 6 nitrogen and oxygen atoms in total. The first-order valence-electron chi connectivity index (χ1n) is 7.63. The quantitative estimate of drug-likeness (QED) is 0.842. The third kappa shape index (κ3) is 2.14. The fourth-order valence-corrected chi connectivity index (χ4v) is 3.45. The highest BCUT2D eigenvalue weighted by atomic mass is 16.5. The van der Waals surface area contributed by atoms with Crippen molar-refractivity contribution in [3.8, 4) is 0 Å². The number of fused-ring (bicyclic) bond motifs is 3. The molecule has 2 aliphatic heterocycles. The van der Waals surface area contributed by atoms with Crippen molar-refractivity contribution in [1.29, 1.82) is 0 Å². The number of aliphatic hydroxyl groups excluding tert-OH is 1. The molecule has 1 aromatic carbocycles. The fourth-order valence-electron chi connectivity index (χ4n) is 3.45. The number of pyridine rings is 1. The lowest BCUT2D eigenvalue weighted by atomic mass is 10.0. The summed E-state index contributed by atoms with van der Waals surface area (Å²) < 4.78 is 5.42. The molecule has 23 heavy (non-hydrogen) atoms. The molecule has 0 unspecified atom stereocenters. The topological polar surface area (TPSA) is 79.7 Å². The first-order chi connectivity index (χ1) is 11.2. The maximum Gasteiger partial charge on any atom is 0.255 e. The van der Waals surface area contributed by atoms with Crippen LogP contribution in [-0.4, -0.2) is 52.5 Å². The van der Waals surface area contributed by atoms with Gasteiger partial charge in [-0.2, -0.15) is 0 Å². The van der Waals surface area contributed by atoms with Gasteiger partial charge in [0.05, 0.1) is 24.3 Å². The Morgan fingerprint density at radius 3 is 3.09 bits per heavy atom. The molecular formula is C17H16N2O4. The number of rotatable bonds is 2. The largest absolute Gasteiger partial charge is 0.391 e. The van der Waals surface area contributed by atoms with Crippen LogP contribution in [0.3, 0.4) is 0 Å². The summed E-state index contributed by atoms with van der Waals surface area (Å²) >= 11 is 0. The van der Waals surface area contributed by atoms with E-state index in [1.807, 2.05) is 6.07 Å². The Labute approximate surface area is 132 Å². The molecule has 1 fully saturated rings. The number of carbonyl (C=O) groups excluding carboxylic acids is 2. The van der Waals surface area contributed by atoms with Gasteiger partial charge in [0.2, 0.25) is 0 Å². The number of amides is 1. The van der Waals surface area contributed by atoms with Crippen molar-refractivity contribution in [2.24, 2.45) is 0 Å². The van der Waals surface area contributed by atoms with E-state index in [0.29, 0.717) is 42.8 Å². The molecule has 3 heterocycles. The minimum absolute atomic E-state index is 0.176. The Hall–Kier alpha value is -2.31. The van der Waals surface area contributed by atoms with Gasteiger partial charge in [0, 0.05) is 41.4 Å². The predicted molar refractivity (Wildman–Crippen MR) is 82.2 cm³/mol. The van der Waals surface area contributed by atoms with Crippen molar-refractivity contribution in [2.45, 2.75) is 25.1 Å². The molecule has 1 N–H and O–H groups in total. The Balaban J connectivity index is 1.82. The van der Waals surface area contributed by atoms with Crippen molar-refractivity contribution in [1.82, 2.24) is 9.88 Å². The number of aliphatic hydroxyl groups is 1. The van der Waals surface area contributed by atoms with E-state index >= 15 is 0 Å². The third-order valence-electron chi connectivity index (χ3n) is 4.67. The second-order valence-electron chi connectivity index (χ2n) is 5.94. The number of benzene rings is 1. The van der Waals surface area contributed by atoms with E-state index in [9.17, 15) is 14.7 Å². The van der Waals surface area contributed by atoms with Crippen LogP contribution in [0, 0.1) is 0 Å². The lowest BCUT2D eigenvalue weighted by Gasteiger charge is -2.34. The maximum atomic E-state index is 12.8. The van der Waals surface area contributed by atoms with E-state index in [-0.39, 0.29) is 11.9 Å². The summed E-state index contributed by atoms with van der Waals surface area (Å²) in [4.78, 5) is 30.1. The lowest BCUT2D eigenvalue weighted by molar-refractivity contribution is -0.0528. The molecule has 2 aromatic rings. The Morgan fingerprint density at radius 1 is 1.43 bits per heavy atom. The van der Waals surface area contributed by atoms with Gasteiger partial charge in [0.1, 0.15) is 0 Å². The van der Waals surface area contributed by atoms with E-state index in [1.165, 1.54) is 0 Å². The fraction of sp³-hybridized carbons (Fsp3) is 0.353. The van der Waals surface area contributed by atoms with E-state index in [2.05, 4.69) is 4.98 Å². The highest BCUT2D eigenvalue weighted by Crippen LogP contribution is 2.33. The minimum Gasteiger partial charge on any atom is -0.391 e. The molecule has 6 heteroatoms. The van der Waals surface area contributed by atoms with E-state index in [1.54, 1.807) is 23.2 Å². The zero-order chi connectivity index (χ0) is 16.0. The molecule has 0 saturated carbocycles. The molecule has 2 aliphatic rings. The Kier molecular flexibility index (Phi) is 3.36. The number of nitrogens with zero attached hydrogens (tertiary/aromatic N) is 2. The summed E-state index contributed by atoms with van der Waals surface area (Å²) in [6, 6.07) is 4.87. The molecule has 4 rings (SSSR count). The monoisotopic (exact) mass is 312 g/mol. The molecule has 118 valence electrons. The number of aldehydes is 1. The second-order valence-corrected chi connectivity index (χ2v) is 5.94. The summed E-state index contributed by atoms with van der Waals surface area (Å²) in [5.41, 5.74) is 2.45. The van der Waals surface area contributed by atoms with Gasteiger partial charge in [0.25, 0.3) is 5.91 Å². The number of carbonyl (C=O) groups is 2. The molecule has 1 aromatic heterocycles. The standard InChI is InChI=1S/C17H16N2O4/c20-8-10-6-12-13(16-11(10)2-1-4-18-16)7-19(17(12)22)14-9-23-5-3-15(14)21/h1-2,4,6,8,14-15,21H,3,5,7,9H2/t14-,15-/m0/s1. The average molecular weight is 312 g/mol. The van der Waals surface area contributed by atoms with Crippen molar-refractivity contribution in [3.63, 3.8) is 0 Å². The van der Waals surface area contributed by atoms with Crippen molar-refractivity contribution < 1.29 is 19.4 Å². The summed E-state index contributed by atoms with van der Waals surface area (Å²) in [5.74, 6) is -0.176. The molecule has 0 spiro atoms.